The Morgan fingerprint density at radius 2 is 0.460 bits per heavy atom. The van der Waals surface area contributed by atoms with Crippen LogP contribution in [0.1, 0.15) is 258 Å². The zero-order chi connectivity index (χ0) is 36.4. The second-order valence-corrected chi connectivity index (χ2v) is 15.5. The van der Waals surface area contributed by atoms with Gasteiger partial charge in [0, 0.05) is 0 Å². The SMILES string of the molecule is C=C(C(=O)OCCCCCCCCCCCCCCCCCCCCC)C(=O)OCCCCCCCCCCCCCCCCCCCCC. The molecule has 0 unspecified atom stereocenters. The Hall–Kier alpha value is -1.32. The largest absolute Gasteiger partial charge is 0.462 e. The molecule has 0 aliphatic heterocycles. The van der Waals surface area contributed by atoms with Crippen LogP contribution in [0.15, 0.2) is 12.2 Å². The summed E-state index contributed by atoms with van der Waals surface area (Å²) in [6, 6.07) is 0. The lowest BCUT2D eigenvalue weighted by molar-refractivity contribution is -0.147. The van der Waals surface area contributed by atoms with Gasteiger partial charge >= 0.3 is 11.9 Å². The first-order valence-corrected chi connectivity index (χ1v) is 22.7. The first-order valence-electron chi connectivity index (χ1n) is 22.7. The van der Waals surface area contributed by atoms with Gasteiger partial charge in [0.2, 0.25) is 0 Å². The summed E-state index contributed by atoms with van der Waals surface area (Å²) in [7, 11) is 0. The van der Waals surface area contributed by atoms with Crippen LogP contribution in [0.5, 0.6) is 0 Å². The molecule has 0 amide bonds. The van der Waals surface area contributed by atoms with Crippen LogP contribution in [-0.2, 0) is 19.1 Å². The van der Waals surface area contributed by atoms with Crippen LogP contribution in [0, 0.1) is 0 Å². The molecule has 0 radical (unpaired) electrons. The van der Waals surface area contributed by atoms with Crippen molar-refractivity contribution in [2.75, 3.05) is 13.2 Å². The molecule has 0 aromatic rings. The second kappa shape index (κ2) is 42.1. The quantitative estimate of drug-likeness (QED) is 0.0209. The predicted octanol–water partition coefficient (Wildman–Crippen LogP) is 15.5. The molecule has 4 heteroatoms. The number of carbonyl (C=O) groups excluding carboxylic acids is 2. The number of carbonyl (C=O) groups is 2. The van der Waals surface area contributed by atoms with Crippen molar-refractivity contribution in [3.8, 4) is 0 Å². The third-order valence-electron chi connectivity index (χ3n) is 10.5. The molecular formula is C46H88O4. The smallest absolute Gasteiger partial charge is 0.344 e. The highest BCUT2D eigenvalue weighted by molar-refractivity contribution is 6.13. The Labute approximate surface area is 313 Å². The summed E-state index contributed by atoms with van der Waals surface area (Å²) in [4.78, 5) is 24.3. The highest BCUT2D eigenvalue weighted by atomic mass is 16.6. The van der Waals surface area contributed by atoms with Gasteiger partial charge in [0.25, 0.3) is 0 Å². The maximum Gasteiger partial charge on any atom is 0.344 e. The summed E-state index contributed by atoms with van der Waals surface area (Å²) in [6.07, 6.45) is 50.7. The molecule has 4 nitrogen and oxygen atoms in total. The molecule has 0 aliphatic carbocycles. The summed E-state index contributed by atoms with van der Waals surface area (Å²) in [6.45, 7) is 8.89. The Kier molecular flexibility index (Phi) is 41.0. The third kappa shape index (κ3) is 37.9. The zero-order valence-electron chi connectivity index (χ0n) is 34.1. The van der Waals surface area contributed by atoms with Crippen molar-refractivity contribution in [1.29, 1.82) is 0 Å². The number of hydrogen-bond acceptors (Lipinski definition) is 4. The minimum Gasteiger partial charge on any atom is -0.462 e. The van der Waals surface area contributed by atoms with Crippen molar-refractivity contribution in [2.45, 2.75) is 258 Å². The summed E-state index contributed by atoms with van der Waals surface area (Å²) in [5, 5.41) is 0. The molecule has 0 saturated heterocycles. The highest BCUT2D eigenvalue weighted by Gasteiger charge is 2.18. The maximum absolute atomic E-state index is 12.2. The van der Waals surface area contributed by atoms with E-state index in [2.05, 4.69) is 20.4 Å². The lowest BCUT2D eigenvalue weighted by atomic mass is 10.0. The van der Waals surface area contributed by atoms with Crippen LogP contribution >= 0.6 is 0 Å². The molecule has 0 bridgehead atoms. The van der Waals surface area contributed by atoms with Gasteiger partial charge in [-0.05, 0) is 12.8 Å². The zero-order valence-corrected chi connectivity index (χ0v) is 34.1. The minimum absolute atomic E-state index is 0.180. The van der Waals surface area contributed by atoms with E-state index in [1.165, 1.54) is 218 Å². The van der Waals surface area contributed by atoms with Crippen LogP contribution in [0.2, 0.25) is 0 Å². The van der Waals surface area contributed by atoms with E-state index < -0.39 is 11.9 Å². The molecule has 0 aliphatic rings. The number of rotatable bonds is 42. The lowest BCUT2D eigenvalue weighted by Gasteiger charge is -2.08. The van der Waals surface area contributed by atoms with Gasteiger partial charge < -0.3 is 9.47 Å². The van der Waals surface area contributed by atoms with Gasteiger partial charge in [0.05, 0.1) is 13.2 Å². The van der Waals surface area contributed by atoms with Crippen molar-refractivity contribution < 1.29 is 19.1 Å². The number of ether oxygens (including phenoxy) is 2. The normalized spacial score (nSPS) is 11.2. The van der Waals surface area contributed by atoms with Gasteiger partial charge in [0.1, 0.15) is 5.57 Å². The number of unbranched alkanes of at least 4 members (excludes halogenated alkanes) is 36. The van der Waals surface area contributed by atoms with Crippen molar-refractivity contribution in [1.82, 2.24) is 0 Å². The molecule has 0 saturated carbocycles. The molecule has 296 valence electrons. The van der Waals surface area contributed by atoms with Crippen molar-refractivity contribution in [2.24, 2.45) is 0 Å². The molecule has 0 atom stereocenters. The molecule has 0 rings (SSSR count). The fourth-order valence-corrected chi connectivity index (χ4v) is 6.95. The minimum atomic E-state index is -0.634. The topological polar surface area (TPSA) is 52.6 Å². The standard InChI is InChI=1S/C46H88O4/c1-4-6-8-10-12-14-16-18-20-22-24-26-28-30-32-34-36-38-40-42-49-45(47)44(3)46(48)50-43-41-39-37-35-33-31-29-27-25-23-21-19-17-15-13-11-9-7-5-2/h3-43H2,1-2H3. The van der Waals surface area contributed by atoms with Crippen molar-refractivity contribution >= 4 is 11.9 Å². The molecule has 0 spiro atoms. The van der Waals surface area contributed by atoms with E-state index >= 15 is 0 Å². The Bertz CT molecular complexity index is 659. The Morgan fingerprint density at radius 3 is 0.640 bits per heavy atom. The fraction of sp³-hybridized carbons (Fsp3) is 0.913. The monoisotopic (exact) mass is 705 g/mol. The van der Waals surface area contributed by atoms with Crippen LogP contribution < -0.4 is 0 Å². The third-order valence-corrected chi connectivity index (χ3v) is 10.5. The van der Waals surface area contributed by atoms with Crippen LogP contribution in [-0.4, -0.2) is 25.2 Å². The van der Waals surface area contributed by atoms with E-state index in [1.54, 1.807) is 0 Å². The van der Waals surface area contributed by atoms with E-state index in [4.69, 9.17) is 9.47 Å². The van der Waals surface area contributed by atoms with Gasteiger partial charge in [-0.1, -0.05) is 252 Å². The van der Waals surface area contributed by atoms with Gasteiger partial charge in [-0.3, -0.25) is 0 Å². The van der Waals surface area contributed by atoms with Crippen LogP contribution in [0.4, 0.5) is 0 Å². The van der Waals surface area contributed by atoms with Gasteiger partial charge in [-0.15, -0.1) is 0 Å². The van der Waals surface area contributed by atoms with Crippen molar-refractivity contribution in [3.05, 3.63) is 12.2 Å². The van der Waals surface area contributed by atoms with Crippen molar-refractivity contribution in [3.63, 3.8) is 0 Å². The fourth-order valence-electron chi connectivity index (χ4n) is 6.95. The van der Waals surface area contributed by atoms with Gasteiger partial charge in [0.15, 0.2) is 0 Å². The summed E-state index contributed by atoms with van der Waals surface area (Å²) in [5.74, 6) is -1.27. The Morgan fingerprint density at radius 1 is 0.300 bits per heavy atom. The second-order valence-electron chi connectivity index (χ2n) is 15.5. The molecule has 50 heavy (non-hydrogen) atoms. The van der Waals surface area contributed by atoms with E-state index in [-0.39, 0.29) is 5.57 Å². The number of esters is 2. The molecule has 0 fully saturated rings. The predicted molar refractivity (Wildman–Crippen MR) is 218 cm³/mol. The van der Waals surface area contributed by atoms with E-state index in [1.807, 2.05) is 0 Å². The summed E-state index contributed by atoms with van der Waals surface area (Å²) < 4.78 is 10.5. The van der Waals surface area contributed by atoms with Crippen LogP contribution in [0.3, 0.4) is 0 Å². The maximum atomic E-state index is 12.2. The van der Waals surface area contributed by atoms with E-state index in [9.17, 15) is 9.59 Å². The molecule has 0 aromatic carbocycles. The molecule has 0 heterocycles. The van der Waals surface area contributed by atoms with Gasteiger partial charge in [-0.2, -0.15) is 0 Å². The lowest BCUT2D eigenvalue weighted by Crippen LogP contribution is -2.18. The average molecular weight is 705 g/mol. The highest BCUT2D eigenvalue weighted by Crippen LogP contribution is 2.16. The van der Waals surface area contributed by atoms with E-state index in [0.29, 0.717) is 13.2 Å². The summed E-state index contributed by atoms with van der Waals surface area (Å²) >= 11 is 0. The van der Waals surface area contributed by atoms with Gasteiger partial charge in [-0.25, -0.2) is 9.59 Å². The van der Waals surface area contributed by atoms with Crippen LogP contribution in [0.25, 0.3) is 0 Å². The first-order chi connectivity index (χ1) is 24.6. The first kappa shape index (κ1) is 48.7. The van der Waals surface area contributed by atoms with E-state index in [0.717, 1.165) is 25.7 Å². The summed E-state index contributed by atoms with van der Waals surface area (Å²) in [5.41, 5.74) is -0.180. The molecule has 0 N–H and O–H groups in total. The molecule has 0 aromatic heterocycles. The Balaban J connectivity index is 3.36. The average Bonchev–Trinajstić information content (AvgIpc) is 3.12. The molecular weight excluding hydrogens is 617 g/mol. The number of hydrogen-bond donors (Lipinski definition) is 0.